The van der Waals surface area contributed by atoms with Crippen LogP contribution in [0.4, 0.5) is 0 Å². The fraction of sp³-hybridized carbons (Fsp3) is 0.241. The van der Waals surface area contributed by atoms with Gasteiger partial charge >= 0.3 is 11.9 Å². The third kappa shape index (κ3) is 5.98. The van der Waals surface area contributed by atoms with E-state index in [2.05, 4.69) is 37.8 Å². The fourth-order valence-electron chi connectivity index (χ4n) is 3.22. The highest BCUT2D eigenvalue weighted by atomic mass is 16.5. The van der Waals surface area contributed by atoms with E-state index in [-0.39, 0.29) is 5.97 Å². The van der Waals surface area contributed by atoms with Gasteiger partial charge in [0, 0.05) is 5.57 Å². The highest BCUT2D eigenvalue weighted by Crippen LogP contribution is 2.31. The van der Waals surface area contributed by atoms with Crippen LogP contribution in [0.5, 0.6) is 11.5 Å². The van der Waals surface area contributed by atoms with Crippen LogP contribution in [0.3, 0.4) is 0 Å². The Bertz CT molecular complexity index is 1160. The van der Waals surface area contributed by atoms with Crippen molar-refractivity contribution in [1.29, 1.82) is 0 Å². The molecule has 0 bridgehead atoms. The van der Waals surface area contributed by atoms with E-state index in [9.17, 15) is 9.59 Å². The van der Waals surface area contributed by atoms with Crippen molar-refractivity contribution in [3.05, 3.63) is 84.4 Å². The predicted molar refractivity (Wildman–Crippen MR) is 132 cm³/mol. The van der Waals surface area contributed by atoms with Crippen molar-refractivity contribution in [1.82, 2.24) is 0 Å². The molecule has 0 aliphatic rings. The molecule has 3 aromatic rings. The third-order valence-electron chi connectivity index (χ3n) is 5.22. The second-order valence-corrected chi connectivity index (χ2v) is 9.08. The van der Waals surface area contributed by atoms with Gasteiger partial charge in [0.1, 0.15) is 11.5 Å². The first-order chi connectivity index (χ1) is 15.6. The van der Waals surface area contributed by atoms with Crippen molar-refractivity contribution in [2.45, 2.75) is 41.0 Å². The molecule has 4 nitrogen and oxygen atoms in total. The molecule has 0 aliphatic carbocycles. The number of aryl methyl sites for hydroxylation is 1. The zero-order valence-electron chi connectivity index (χ0n) is 19.9. The molecule has 33 heavy (non-hydrogen) atoms. The topological polar surface area (TPSA) is 52.6 Å². The molecule has 0 N–H and O–H groups in total. The summed E-state index contributed by atoms with van der Waals surface area (Å²) in [6, 6.07) is 21.5. The summed E-state index contributed by atoms with van der Waals surface area (Å²) in [5, 5.41) is 0. The normalized spacial score (nSPS) is 11.1. The molecule has 0 heterocycles. The van der Waals surface area contributed by atoms with Gasteiger partial charge in [0.2, 0.25) is 0 Å². The smallest absolute Gasteiger partial charge is 0.338 e. The number of rotatable bonds is 6. The lowest BCUT2D eigenvalue weighted by molar-refractivity contribution is -0.143. The van der Waals surface area contributed by atoms with Gasteiger partial charge in [-0.15, -0.1) is 0 Å². The molecule has 0 aliphatic heterocycles. The van der Waals surface area contributed by atoms with Crippen molar-refractivity contribution in [2.24, 2.45) is 5.41 Å². The van der Waals surface area contributed by atoms with Gasteiger partial charge in [0.15, 0.2) is 0 Å². The Morgan fingerprint density at radius 3 is 1.82 bits per heavy atom. The molecular weight excluding hydrogens is 412 g/mol. The van der Waals surface area contributed by atoms with Crippen LogP contribution in [0, 0.1) is 5.41 Å². The first-order valence-electron chi connectivity index (χ1n) is 11.0. The summed E-state index contributed by atoms with van der Waals surface area (Å²) in [5.41, 5.74) is 5.21. The number of ether oxygens (including phenoxy) is 2. The van der Waals surface area contributed by atoms with Crippen LogP contribution in [0.25, 0.3) is 22.3 Å². The molecule has 3 rings (SSSR count). The van der Waals surface area contributed by atoms with Crippen LogP contribution in [0.1, 0.15) is 40.2 Å². The minimum absolute atomic E-state index is 0.258. The van der Waals surface area contributed by atoms with E-state index in [1.54, 1.807) is 13.0 Å². The van der Waals surface area contributed by atoms with Crippen LogP contribution < -0.4 is 9.47 Å². The van der Waals surface area contributed by atoms with Gasteiger partial charge in [-0.05, 0) is 86.2 Å². The number of esters is 2. The average molecular weight is 443 g/mol. The van der Waals surface area contributed by atoms with E-state index in [1.165, 1.54) is 0 Å². The monoisotopic (exact) mass is 442 g/mol. The van der Waals surface area contributed by atoms with E-state index >= 15 is 0 Å². The lowest BCUT2D eigenvalue weighted by Crippen LogP contribution is -2.25. The quantitative estimate of drug-likeness (QED) is 0.234. The van der Waals surface area contributed by atoms with Crippen LogP contribution in [-0.4, -0.2) is 11.9 Å². The molecule has 0 unspecified atom stereocenters. The molecule has 0 radical (unpaired) electrons. The van der Waals surface area contributed by atoms with Crippen molar-refractivity contribution in [3.8, 4) is 33.8 Å². The van der Waals surface area contributed by atoms with Gasteiger partial charge in [-0.3, -0.25) is 4.79 Å². The Hall–Kier alpha value is -3.66. The number of carbonyl (C=O) groups is 2. The second-order valence-electron chi connectivity index (χ2n) is 9.08. The number of hydrogen-bond donors (Lipinski definition) is 0. The molecule has 170 valence electrons. The highest BCUT2D eigenvalue weighted by molar-refractivity contribution is 5.89. The zero-order chi connectivity index (χ0) is 24.2. The summed E-state index contributed by atoms with van der Waals surface area (Å²) >= 11 is 0. The first kappa shape index (κ1) is 24.0. The Morgan fingerprint density at radius 2 is 1.30 bits per heavy atom. The molecule has 0 fully saturated rings. The Labute approximate surface area is 195 Å². The van der Waals surface area contributed by atoms with Gasteiger partial charge < -0.3 is 9.47 Å². The van der Waals surface area contributed by atoms with Crippen LogP contribution in [-0.2, 0) is 16.0 Å². The lowest BCUT2D eigenvalue weighted by Gasteiger charge is -2.16. The van der Waals surface area contributed by atoms with E-state index in [4.69, 9.17) is 9.47 Å². The van der Waals surface area contributed by atoms with Crippen molar-refractivity contribution in [3.63, 3.8) is 0 Å². The van der Waals surface area contributed by atoms with Crippen LogP contribution >= 0.6 is 0 Å². The largest absolute Gasteiger partial charge is 0.426 e. The fourth-order valence-corrected chi connectivity index (χ4v) is 3.22. The van der Waals surface area contributed by atoms with E-state index in [1.807, 2.05) is 57.2 Å². The van der Waals surface area contributed by atoms with Gasteiger partial charge in [0.25, 0.3) is 0 Å². The summed E-state index contributed by atoms with van der Waals surface area (Å²) in [7, 11) is 0. The standard InChI is InChI=1S/C29H30O4/c1-7-20-18-25(32-27(30)19(2)3)16-17-26(20)23-10-8-21(9-11-23)22-12-14-24(15-13-22)33-28(31)29(4,5)6/h8-18H,2,7H2,1,3-6H3. The third-order valence-corrected chi connectivity index (χ3v) is 5.22. The summed E-state index contributed by atoms with van der Waals surface area (Å²) in [4.78, 5) is 23.9. The van der Waals surface area contributed by atoms with Gasteiger partial charge in [0.05, 0.1) is 5.41 Å². The SMILES string of the molecule is C=C(C)C(=O)Oc1ccc(-c2ccc(-c3ccc(OC(=O)C(C)(C)C)cc3)cc2)c(CC)c1. The molecule has 0 amide bonds. The molecule has 3 aromatic carbocycles. The van der Waals surface area contributed by atoms with E-state index < -0.39 is 11.4 Å². The first-order valence-corrected chi connectivity index (χ1v) is 11.0. The summed E-state index contributed by atoms with van der Waals surface area (Å²) in [6.45, 7) is 12.8. The molecule has 0 spiro atoms. The molecule has 0 aromatic heterocycles. The Kier molecular flexibility index (Phi) is 7.17. The predicted octanol–water partition coefficient (Wildman–Crippen LogP) is 7.02. The summed E-state index contributed by atoms with van der Waals surface area (Å²) < 4.78 is 10.8. The maximum atomic E-state index is 12.1. The van der Waals surface area contributed by atoms with E-state index in [0.29, 0.717) is 17.1 Å². The maximum Gasteiger partial charge on any atom is 0.338 e. The average Bonchev–Trinajstić information content (AvgIpc) is 2.79. The molecule has 4 heteroatoms. The van der Waals surface area contributed by atoms with Gasteiger partial charge in [-0.2, -0.15) is 0 Å². The molecule has 0 saturated heterocycles. The number of benzene rings is 3. The van der Waals surface area contributed by atoms with Crippen LogP contribution in [0.15, 0.2) is 78.9 Å². The second kappa shape index (κ2) is 9.86. The van der Waals surface area contributed by atoms with Gasteiger partial charge in [-0.1, -0.05) is 56.0 Å². The van der Waals surface area contributed by atoms with Crippen molar-refractivity contribution < 1.29 is 19.1 Å². The summed E-state index contributed by atoms with van der Waals surface area (Å²) in [5.74, 6) is 0.378. The van der Waals surface area contributed by atoms with Crippen LogP contribution in [0.2, 0.25) is 0 Å². The maximum absolute atomic E-state index is 12.1. The molecule has 0 saturated carbocycles. The number of carbonyl (C=O) groups excluding carboxylic acids is 2. The van der Waals surface area contributed by atoms with Crippen molar-refractivity contribution in [2.75, 3.05) is 0 Å². The van der Waals surface area contributed by atoms with Crippen molar-refractivity contribution >= 4 is 11.9 Å². The highest BCUT2D eigenvalue weighted by Gasteiger charge is 2.23. The Morgan fingerprint density at radius 1 is 0.788 bits per heavy atom. The number of hydrogen-bond acceptors (Lipinski definition) is 4. The minimum atomic E-state index is -0.545. The Balaban J connectivity index is 1.78. The summed E-state index contributed by atoms with van der Waals surface area (Å²) in [6.07, 6.45) is 0.810. The molecular formula is C29H30O4. The van der Waals surface area contributed by atoms with E-state index in [0.717, 1.165) is 34.2 Å². The zero-order valence-corrected chi connectivity index (χ0v) is 19.9. The lowest BCUT2D eigenvalue weighted by atomic mass is 9.95. The minimum Gasteiger partial charge on any atom is -0.426 e. The molecule has 0 atom stereocenters. The van der Waals surface area contributed by atoms with Gasteiger partial charge in [-0.25, -0.2) is 4.79 Å².